The van der Waals surface area contributed by atoms with Crippen LogP contribution < -0.4 is 5.32 Å². The highest BCUT2D eigenvalue weighted by Crippen LogP contribution is 2.48. The summed E-state index contributed by atoms with van der Waals surface area (Å²) in [5.41, 5.74) is 2.32. The van der Waals surface area contributed by atoms with E-state index in [1.807, 2.05) is 12.1 Å². The monoisotopic (exact) mass is 309 g/mol. The number of aromatic hydroxyl groups is 1. The molecule has 116 valence electrons. The van der Waals surface area contributed by atoms with Crippen LogP contribution in [-0.2, 0) is 4.74 Å². The zero-order valence-corrected chi connectivity index (χ0v) is 13.1. The lowest BCUT2D eigenvalue weighted by atomic mass is 9.73. The fraction of sp³-hybridized carbons (Fsp3) is 0.647. The molecule has 2 N–H and O–H groups in total. The summed E-state index contributed by atoms with van der Waals surface area (Å²) in [6, 6.07) is 6.22. The highest BCUT2D eigenvalue weighted by molar-refractivity contribution is 5.85. The Morgan fingerprint density at radius 3 is 2.71 bits per heavy atom. The number of phenols is 1. The number of halogens is 1. The third-order valence-corrected chi connectivity index (χ3v) is 5.42. The Labute approximate surface area is 132 Å². The third-order valence-electron chi connectivity index (χ3n) is 5.42. The van der Waals surface area contributed by atoms with Crippen LogP contribution in [0.5, 0.6) is 5.75 Å². The van der Waals surface area contributed by atoms with E-state index in [4.69, 9.17) is 4.74 Å². The van der Waals surface area contributed by atoms with Crippen molar-refractivity contribution in [3.63, 3.8) is 0 Å². The molecular weight excluding hydrogens is 286 g/mol. The van der Waals surface area contributed by atoms with Gasteiger partial charge in [0.15, 0.2) is 0 Å². The molecule has 1 aromatic rings. The van der Waals surface area contributed by atoms with Gasteiger partial charge in [-0.05, 0) is 43.4 Å². The van der Waals surface area contributed by atoms with Gasteiger partial charge in [0, 0.05) is 29.8 Å². The number of anilines is 1. The summed E-state index contributed by atoms with van der Waals surface area (Å²) in [5, 5.41) is 13.5. The molecule has 0 bridgehead atoms. The van der Waals surface area contributed by atoms with Gasteiger partial charge in [-0.25, -0.2) is 0 Å². The maximum absolute atomic E-state index is 9.74. The van der Waals surface area contributed by atoms with Crippen LogP contribution in [0.15, 0.2) is 18.2 Å². The van der Waals surface area contributed by atoms with Gasteiger partial charge >= 0.3 is 0 Å². The third kappa shape index (κ3) is 2.62. The van der Waals surface area contributed by atoms with Crippen molar-refractivity contribution in [2.75, 3.05) is 11.9 Å². The lowest BCUT2D eigenvalue weighted by Crippen LogP contribution is -2.42. The van der Waals surface area contributed by atoms with Crippen molar-refractivity contribution < 1.29 is 9.84 Å². The van der Waals surface area contributed by atoms with E-state index in [9.17, 15) is 5.11 Å². The Hall–Kier alpha value is -0.930. The minimum Gasteiger partial charge on any atom is -0.508 e. The van der Waals surface area contributed by atoms with Crippen LogP contribution >= 0.6 is 12.4 Å². The molecule has 3 nitrogen and oxygen atoms in total. The van der Waals surface area contributed by atoms with E-state index in [-0.39, 0.29) is 18.5 Å². The maximum atomic E-state index is 9.74. The number of ether oxygens (including phenoxy) is 1. The summed E-state index contributed by atoms with van der Waals surface area (Å²) in [4.78, 5) is 0. The van der Waals surface area contributed by atoms with E-state index in [2.05, 4.69) is 5.32 Å². The van der Waals surface area contributed by atoms with Crippen molar-refractivity contribution in [1.29, 1.82) is 0 Å². The zero-order valence-electron chi connectivity index (χ0n) is 12.3. The van der Waals surface area contributed by atoms with Crippen molar-refractivity contribution in [3.05, 3.63) is 23.8 Å². The summed E-state index contributed by atoms with van der Waals surface area (Å²) in [5.74, 6) is 1.71. The standard InChI is InChI=1S/C17H23NO2.ClH/c19-12-6-7-15-14(10-12)17-13(8-9-20-17)16(18-15)11-4-2-1-3-5-11;/h6-7,10-11,13,16-19H,1-5,8-9H2;1H/t13-,16+,17-;/m0./s1. The van der Waals surface area contributed by atoms with Gasteiger partial charge in [0.1, 0.15) is 5.75 Å². The van der Waals surface area contributed by atoms with Crippen LogP contribution in [0.4, 0.5) is 5.69 Å². The van der Waals surface area contributed by atoms with Gasteiger partial charge < -0.3 is 15.2 Å². The number of nitrogens with one attached hydrogen (secondary N) is 1. The van der Waals surface area contributed by atoms with E-state index in [1.54, 1.807) is 6.07 Å². The summed E-state index contributed by atoms with van der Waals surface area (Å²) >= 11 is 0. The Kier molecular flexibility index (Phi) is 4.32. The van der Waals surface area contributed by atoms with E-state index in [1.165, 1.54) is 37.8 Å². The topological polar surface area (TPSA) is 41.5 Å². The van der Waals surface area contributed by atoms with Gasteiger partial charge in [0.25, 0.3) is 0 Å². The molecule has 21 heavy (non-hydrogen) atoms. The van der Waals surface area contributed by atoms with Crippen molar-refractivity contribution in [1.82, 2.24) is 0 Å². The Morgan fingerprint density at radius 1 is 1.10 bits per heavy atom. The van der Waals surface area contributed by atoms with Crippen LogP contribution in [0.1, 0.15) is 50.2 Å². The second kappa shape index (κ2) is 6.05. The molecule has 0 aromatic heterocycles. The molecule has 4 heteroatoms. The largest absolute Gasteiger partial charge is 0.508 e. The number of rotatable bonds is 1. The highest BCUT2D eigenvalue weighted by Gasteiger charge is 2.43. The number of benzene rings is 1. The average molecular weight is 310 g/mol. The van der Waals surface area contributed by atoms with Crippen molar-refractivity contribution in [2.45, 2.75) is 50.7 Å². The summed E-state index contributed by atoms with van der Waals surface area (Å²) in [6.07, 6.45) is 8.20. The Morgan fingerprint density at radius 2 is 1.90 bits per heavy atom. The molecule has 2 heterocycles. The van der Waals surface area contributed by atoms with Crippen LogP contribution in [0.25, 0.3) is 0 Å². The first-order valence-electron chi connectivity index (χ1n) is 8.04. The quantitative estimate of drug-likeness (QED) is 0.761. The van der Waals surface area contributed by atoms with Gasteiger partial charge in [-0.2, -0.15) is 0 Å². The predicted molar refractivity (Wildman–Crippen MR) is 86.1 cm³/mol. The molecular formula is C17H24ClNO2. The molecule has 0 amide bonds. The Bertz CT molecular complexity index is 502. The van der Waals surface area contributed by atoms with Crippen molar-refractivity contribution in [3.8, 4) is 5.75 Å². The SMILES string of the molecule is Cl.Oc1ccc2c(c1)[C@H]1OCC[C@H]1[C@@H](C1CCCCC1)N2. The lowest BCUT2D eigenvalue weighted by molar-refractivity contribution is 0.0730. The van der Waals surface area contributed by atoms with Gasteiger partial charge in [0.2, 0.25) is 0 Å². The molecule has 0 radical (unpaired) electrons. The van der Waals surface area contributed by atoms with Gasteiger partial charge in [-0.1, -0.05) is 19.3 Å². The molecule has 2 aliphatic heterocycles. The molecule has 1 saturated heterocycles. The van der Waals surface area contributed by atoms with E-state index < -0.39 is 0 Å². The van der Waals surface area contributed by atoms with E-state index in [0.717, 1.165) is 24.5 Å². The average Bonchev–Trinajstić information content (AvgIpc) is 2.97. The first kappa shape index (κ1) is 15.0. The molecule has 3 atom stereocenters. The Balaban J connectivity index is 0.00000132. The second-order valence-corrected chi connectivity index (χ2v) is 6.58. The molecule has 1 aliphatic carbocycles. The van der Waals surface area contributed by atoms with E-state index >= 15 is 0 Å². The summed E-state index contributed by atoms with van der Waals surface area (Å²) in [6.45, 7) is 0.856. The molecule has 0 spiro atoms. The number of hydrogen-bond acceptors (Lipinski definition) is 3. The van der Waals surface area contributed by atoms with Gasteiger partial charge in [-0.3, -0.25) is 0 Å². The van der Waals surface area contributed by atoms with Crippen LogP contribution in [-0.4, -0.2) is 17.8 Å². The smallest absolute Gasteiger partial charge is 0.116 e. The van der Waals surface area contributed by atoms with Crippen LogP contribution in [0, 0.1) is 11.8 Å². The molecule has 1 saturated carbocycles. The fourth-order valence-electron chi connectivity index (χ4n) is 4.46. The predicted octanol–water partition coefficient (Wildman–Crippen LogP) is 4.27. The molecule has 2 fully saturated rings. The molecule has 4 rings (SSSR count). The maximum Gasteiger partial charge on any atom is 0.116 e. The highest BCUT2D eigenvalue weighted by atomic mass is 35.5. The summed E-state index contributed by atoms with van der Waals surface area (Å²) in [7, 11) is 0. The first-order valence-corrected chi connectivity index (χ1v) is 8.04. The number of fused-ring (bicyclic) bond motifs is 3. The minimum absolute atomic E-state index is 0. The van der Waals surface area contributed by atoms with Crippen LogP contribution in [0.2, 0.25) is 0 Å². The van der Waals surface area contributed by atoms with Crippen molar-refractivity contribution >= 4 is 18.1 Å². The fourth-order valence-corrected chi connectivity index (χ4v) is 4.46. The lowest BCUT2D eigenvalue weighted by Gasteiger charge is -2.41. The normalized spacial score (nSPS) is 31.7. The first-order chi connectivity index (χ1) is 9.83. The molecule has 3 aliphatic rings. The van der Waals surface area contributed by atoms with Gasteiger partial charge in [0.05, 0.1) is 6.10 Å². The zero-order chi connectivity index (χ0) is 13.5. The number of hydrogen-bond donors (Lipinski definition) is 2. The minimum atomic E-state index is 0. The molecule has 1 aromatic carbocycles. The van der Waals surface area contributed by atoms with Crippen LogP contribution in [0.3, 0.4) is 0 Å². The van der Waals surface area contributed by atoms with E-state index in [0.29, 0.717) is 17.7 Å². The number of phenolic OH excluding ortho intramolecular Hbond substituents is 1. The van der Waals surface area contributed by atoms with Crippen molar-refractivity contribution in [2.24, 2.45) is 11.8 Å². The molecule has 0 unspecified atom stereocenters. The summed E-state index contributed by atoms with van der Waals surface area (Å²) < 4.78 is 6.01. The second-order valence-electron chi connectivity index (χ2n) is 6.58. The van der Waals surface area contributed by atoms with Gasteiger partial charge in [-0.15, -0.1) is 12.4 Å².